The third kappa shape index (κ3) is 3.73. The zero-order valence-corrected chi connectivity index (χ0v) is 16.8. The van der Waals surface area contributed by atoms with Gasteiger partial charge in [0, 0.05) is 35.9 Å². The number of anilines is 3. The van der Waals surface area contributed by atoms with E-state index >= 15 is 0 Å². The lowest BCUT2D eigenvalue weighted by molar-refractivity contribution is 0.393. The number of aryl methyl sites for hydroxylation is 3. The van der Waals surface area contributed by atoms with Crippen LogP contribution in [0.4, 0.5) is 17.1 Å². The van der Waals surface area contributed by atoms with Crippen LogP contribution in [0.1, 0.15) is 23.9 Å². The van der Waals surface area contributed by atoms with E-state index in [2.05, 4.69) is 54.2 Å². The van der Waals surface area contributed by atoms with Crippen LogP contribution in [0.3, 0.4) is 0 Å². The maximum Gasteiger partial charge on any atom is 0.141 e. The van der Waals surface area contributed by atoms with Gasteiger partial charge in [-0.15, -0.1) is 0 Å². The average Bonchev–Trinajstić information content (AvgIpc) is 3.03. The van der Waals surface area contributed by atoms with Crippen molar-refractivity contribution < 1.29 is 4.52 Å². The Hall–Kier alpha value is -3.25. The lowest BCUT2D eigenvalue weighted by Gasteiger charge is -2.26. The van der Waals surface area contributed by atoms with Gasteiger partial charge < -0.3 is 15.2 Å². The molecule has 0 aliphatic heterocycles. The molecule has 0 bridgehead atoms. The number of nitrogens with two attached hydrogens (primary N) is 2. The van der Waals surface area contributed by atoms with Crippen LogP contribution in [0.2, 0.25) is 0 Å². The summed E-state index contributed by atoms with van der Waals surface area (Å²) >= 11 is 0. The first-order valence-electron chi connectivity index (χ1n) is 9.30. The van der Waals surface area contributed by atoms with Crippen LogP contribution < -0.4 is 21.5 Å². The minimum atomic E-state index is 0.829. The van der Waals surface area contributed by atoms with Crippen molar-refractivity contribution in [1.82, 2.24) is 5.16 Å². The molecule has 4 N–H and O–H groups in total. The number of benzene rings is 2. The third-order valence-corrected chi connectivity index (χ3v) is 4.84. The highest BCUT2D eigenvalue weighted by Crippen LogP contribution is 2.35. The van der Waals surface area contributed by atoms with Gasteiger partial charge in [0.2, 0.25) is 0 Å². The first-order valence-corrected chi connectivity index (χ1v) is 9.30. The fourth-order valence-corrected chi connectivity index (χ4v) is 3.43. The maximum absolute atomic E-state index is 5.94. The highest BCUT2D eigenvalue weighted by Gasteiger charge is 2.16. The molecule has 0 atom stereocenters. The highest BCUT2D eigenvalue weighted by molar-refractivity contribution is 5.76. The molecule has 0 saturated carbocycles. The molecule has 0 fully saturated rings. The predicted octanol–water partition coefficient (Wildman–Crippen LogP) is 4.53. The topological polar surface area (TPSA) is 84.5 Å². The molecule has 3 rings (SSSR count). The molecule has 0 aliphatic rings. The Morgan fingerprint density at radius 1 is 1.04 bits per heavy atom. The Bertz CT molecular complexity index is 956. The second-order valence-electron chi connectivity index (χ2n) is 6.71. The van der Waals surface area contributed by atoms with Crippen LogP contribution >= 0.6 is 0 Å². The van der Waals surface area contributed by atoms with E-state index in [1.165, 1.54) is 16.8 Å². The van der Waals surface area contributed by atoms with Crippen molar-refractivity contribution in [3.8, 4) is 11.1 Å². The van der Waals surface area contributed by atoms with Gasteiger partial charge in [-0.05, 0) is 69.2 Å². The van der Waals surface area contributed by atoms with Crippen LogP contribution in [0.5, 0.6) is 0 Å². The molecule has 0 unspecified atom stereocenters. The van der Waals surface area contributed by atoms with Gasteiger partial charge in [-0.2, -0.15) is 0 Å². The van der Waals surface area contributed by atoms with Gasteiger partial charge in [-0.1, -0.05) is 17.3 Å². The maximum atomic E-state index is 5.94. The van der Waals surface area contributed by atoms with E-state index < -0.39 is 0 Å². The summed E-state index contributed by atoms with van der Waals surface area (Å²) in [6.45, 7) is 9.01. The minimum absolute atomic E-state index is 0.829. The van der Waals surface area contributed by atoms with Gasteiger partial charge in [0.05, 0.1) is 11.4 Å². The normalized spacial score (nSPS) is 11.2. The van der Waals surface area contributed by atoms with Crippen LogP contribution in [0.15, 0.2) is 59.4 Å². The van der Waals surface area contributed by atoms with Crippen molar-refractivity contribution in [2.24, 2.45) is 11.6 Å². The standard InChI is InChI=1S/C22H27N5O/c1-5-26(19-8-10-20(11-9-19)27(24)13-12-23)21-14-18(7-6-15(21)2)22-16(3)25-28-17(22)4/h6-14H,5,23-24H2,1-4H3/b13-12-. The van der Waals surface area contributed by atoms with Gasteiger partial charge in [-0.25, -0.2) is 5.84 Å². The lowest BCUT2D eigenvalue weighted by Crippen LogP contribution is -2.24. The van der Waals surface area contributed by atoms with E-state index in [1.54, 1.807) is 6.20 Å². The van der Waals surface area contributed by atoms with Crippen molar-refractivity contribution in [3.63, 3.8) is 0 Å². The molecule has 2 aromatic carbocycles. The molecule has 0 aliphatic carbocycles. The van der Waals surface area contributed by atoms with Gasteiger partial charge in [-0.3, -0.25) is 5.01 Å². The molecule has 28 heavy (non-hydrogen) atoms. The largest absolute Gasteiger partial charge is 0.403 e. The van der Waals surface area contributed by atoms with Crippen LogP contribution in [0, 0.1) is 20.8 Å². The molecule has 146 valence electrons. The number of aromatic nitrogens is 1. The first kappa shape index (κ1) is 19.5. The average molecular weight is 377 g/mol. The molecule has 0 saturated heterocycles. The van der Waals surface area contributed by atoms with Crippen molar-refractivity contribution in [1.29, 1.82) is 0 Å². The quantitative estimate of drug-likeness (QED) is 0.485. The summed E-state index contributed by atoms with van der Waals surface area (Å²) in [4.78, 5) is 2.28. The lowest BCUT2D eigenvalue weighted by atomic mass is 10.0. The minimum Gasteiger partial charge on any atom is -0.403 e. The third-order valence-electron chi connectivity index (χ3n) is 4.84. The molecule has 3 aromatic rings. The number of hydrazine groups is 1. The second-order valence-corrected chi connectivity index (χ2v) is 6.71. The molecule has 6 heteroatoms. The summed E-state index contributed by atoms with van der Waals surface area (Å²) < 4.78 is 5.35. The Morgan fingerprint density at radius 2 is 1.71 bits per heavy atom. The van der Waals surface area contributed by atoms with Crippen molar-refractivity contribution >= 4 is 17.1 Å². The molecule has 6 nitrogen and oxygen atoms in total. The summed E-state index contributed by atoms with van der Waals surface area (Å²) in [5, 5.41) is 5.58. The van der Waals surface area contributed by atoms with Gasteiger partial charge in [0.1, 0.15) is 5.76 Å². The number of hydrogen-bond donors (Lipinski definition) is 2. The Kier molecular flexibility index (Phi) is 5.70. The Labute approximate surface area is 166 Å². The zero-order chi connectivity index (χ0) is 20.3. The summed E-state index contributed by atoms with van der Waals surface area (Å²) in [6.07, 6.45) is 3.03. The second kappa shape index (κ2) is 8.19. The van der Waals surface area contributed by atoms with E-state index in [-0.39, 0.29) is 0 Å². The van der Waals surface area contributed by atoms with Gasteiger partial charge in [0.15, 0.2) is 0 Å². The fraction of sp³-hybridized carbons (Fsp3) is 0.227. The molecule has 0 amide bonds. The van der Waals surface area contributed by atoms with Gasteiger partial charge in [0.25, 0.3) is 0 Å². The summed E-state index contributed by atoms with van der Waals surface area (Å²) in [6, 6.07) is 14.5. The zero-order valence-electron chi connectivity index (χ0n) is 16.8. The summed E-state index contributed by atoms with van der Waals surface area (Å²) in [7, 11) is 0. The first-order chi connectivity index (χ1) is 13.5. The number of nitrogens with zero attached hydrogens (tertiary/aromatic N) is 3. The summed E-state index contributed by atoms with van der Waals surface area (Å²) in [5.41, 5.74) is 12.8. The van der Waals surface area contributed by atoms with Crippen LogP contribution in [0.25, 0.3) is 11.1 Å². The van der Waals surface area contributed by atoms with Crippen LogP contribution in [-0.4, -0.2) is 11.7 Å². The molecule has 1 aromatic heterocycles. The highest BCUT2D eigenvalue weighted by atomic mass is 16.5. The SMILES string of the molecule is CCN(c1ccc(N(N)/C=C\N)cc1)c1cc(-c2c(C)noc2C)ccc1C. The van der Waals surface area contributed by atoms with E-state index in [0.717, 1.165) is 46.2 Å². The fourth-order valence-electron chi connectivity index (χ4n) is 3.43. The van der Waals surface area contributed by atoms with E-state index in [0.29, 0.717) is 0 Å². The Morgan fingerprint density at radius 3 is 2.29 bits per heavy atom. The molecule has 0 radical (unpaired) electrons. The number of hydrogen-bond acceptors (Lipinski definition) is 6. The molecule has 1 heterocycles. The van der Waals surface area contributed by atoms with Crippen molar-refractivity contribution in [2.45, 2.75) is 27.7 Å². The molecular weight excluding hydrogens is 350 g/mol. The number of rotatable bonds is 6. The van der Waals surface area contributed by atoms with E-state index in [9.17, 15) is 0 Å². The monoisotopic (exact) mass is 377 g/mol. The molecular formula is C22H27N5O. The van der Waals surface area contributed by atoms with Crippen molar-refractivity contribution in [2.75, 3.05) is 16.5 Å². The van der Waals surface area contributed by atoms with E-state index in [1.807, 2.05) is 26.0 Å². The van der Waals surface area contributed by atoms with Crippen LogP contribution in [-0.2, 0) is 0 Å². The summed E-state index contributed by atoms with van der Waals surface area (Å²) in [5.74, 6) is 6.77. The van der Waals surface area contributed by atoms with Gasteiger partial charge >= 0.3 is 0 Å². The smallest absolute Gasteiger partial charge is 0.141 e. The molecule has 0 spiro atoms. The van der Waals surface area contributed by atoms with E-state index in [4.69, 9.17) is 16.1 Å². The Balaban J connectivity index is 2.00. The predicted molar refractivity (Wildman–Crippen MR) is 115 cm³/mol. The van der Waals surface area contributed by atoms with Crippen molar-refractivity contribution in [3.05, 3.63) is 71.9 Å².